The molecule has 0 unspecified atom stereocenters. The first kappa shape index (κ1) is 17.0. The summed E-state index contributed by atoms with van der Waals surface area (Å²) in [5, 5.41) is 8.14. The molecule has 0 bridgehead atoms. The first-order valence-corrected chi connectivity index (χ1v) is 7.90. The summed E-state index contributed by atoms with van der Waals surface area (Å²) in [4.78, 5) is 0. The maximum atomic E-state index is 4.66. The molecular formula is C17H31N3. The molecule has 1 N–H and O–H groups in total. The average Bonchev–Trinajstić information content (AvgIpc) is 2.83. The summed E-state index contributed by atoms with van der Waals surface area (Å²) < 4.78 is 2.12. The van der Waals surface area contributed by atoms with Gasteiger partial charge in [-0.2, -0.15) is 5.10 Å². The zero-order chi connectivity index (χ0) is 15.0. The van der Waals surface area contributed by atoms with Gasteiger partial charge in [0.1, 0.15) is 0 Å². The minimum Gasteiger partial charge on any atom is -0.312 e. The molecule has 3 nitrogen and oxygen atoms in total. The Hall–Kier alpha value is -1.09. The van der Waals surface area contributed by atoms with Crippen LogP contribution in [0.2, 0.25) is 0 Å². The number of hydrogen-bond acceptors (Lipinski definition) is 2. The number of rotatable bonds is 8. The highest BCUT2D eigenvalue weighted by Crippen LogP contribution is 2.14. The smallest absolute Gasteiger partial charge is 0.0662 e. The fraction of sp³-hybridized carbons (Fsp3) is 0.706. The molecule has 0 aliphatic carbocycles. The minimum atomic E-state index is 0.210. The second-order valence-electron chi connectivity index (χ2n) is 6.40. The highest BCUT2D eigenvalue weighted by molar-refractivity contribution is 5.05. The van der Waals surface area contributed by atoms with Crippen molar-refractivity contribution in [3.63, 3.8) is 0 Å². The van der Waals surface area contributed by atoms with Crippen molar-refractivity contribution in [2.45, 2.75) is 71.9 Å². The van der Waals surface area contributed by atoms with Crippen molar-refractivity contribution in [2.24, 2.45) is 0 Å². The summed E-state index contributed by atoms with van der Waals surface area (Å²) in [6.07, 6.45) is 10.9. The third-order valence-electron chi connectivity index (χ3n) is 3.44. The van der Waals surface area contributed by atoms with Gasteiger partial charge >= 0.3 is 0 Å². The van der Waals surface area contributed by atoms with Crippen molar-refractivity contribution in [3.8, 4) is 0 Å². The lowest BCUT2D eigenvalue weighted by Gasteiger charge is -2.19. The maximum Gasteiger partial charge on any atom is 0.0662 e. The van der Waals surface area contributed by atoms with Crippen LogP contribution >= 0.6 is 0 Å². The Morgan fingerprint density at radius 2 is 1.95 bits per heavy atom. The van der Waals surface area contributed by atoms with E-state index in [2.05, 4.69) is 74.1 Å². The van der Waals surface area contributed by atoms with Crippen molar-refractivity contribution < 1.29 is 0 Å². The Kier molecular flexibility index (Phi) is 7.00. The number of aromatic nitrogens is 2. The fourth-order valence-corrected chi connectivity index (χ4v) is 2.20. The van der Waals surface area contributed by atoms with E-state index >= 15 is 0 Å². The highest BCUT2D eigenvalue weighted by atomic mass is 15.3. The second kappa shape index (κ2) is 8.25. The molecule has 0 saturated heterocycles. The Labute approximate surface area is 124 Å². The first-order chi connectivity index (χ1) is 9.46. The van der Waals surface area contributed by atoms with E-state index in [4.69, 9.17) is 0 Å². The van der Waals surface area contributed by atoms with E-state index in [1.807, 2.05) is 0 Å². The van der Waals surface area contributed by atoms with E-state index in [9.17, 15) is 0 Å². The van der Waals surface area contributed by atoms with Crippen molar-refractivity contribution in [2.75, 3.05) is 6.54 Å². The summed E-state index contributed by atoms with van der Waals surface area (Å²) in [6.45, 7) is 12.1. The SMILES string of the molecule is CCC(CC)n1ccc(CC=CCCNC(C)(C)C)n1. The van der Waals surface area contributed by atoms with Crippen molar-refractivity contribution in [1.29, 1.82) is 0 Å². The molecule has 3 heteroatoms. The summed E-state index contributed by atoms with van der Waals surface area (Å²) in [6, 6.07) is 2.68. The zero-order valence-electron chi connectivity index (χ0n) is 13.8. The van der Waals surface area contributed by atoms with Gasteiger partial charge in [0.05, 0.1) is 11.7 Å². The summed E-state index contributed by atoms with van der Waals surface area (Å²) >= 11 is 0. The molecule has 0 fully saturated rings. The predicted octanol–water partition coefficient (Wildman–Crippen LogP) is 4.12. The van der Waals surface area contributed by atoms with Gasteiger partial charge in [-0.25, -0.2) is 0 Å². The van der Waals surface area contributed by atoms with Gasteiger partial charge in [-0.05, 0) is 52.6 Å². The van der Waals surface area contributed by atoms with Crippen molar-refractivity contribution in [3.05, 3.63) is 30.1 Å². The van der Waals surface area contributed by atoms with Crippen LogP contribution in [-0.4, -0.2) is 21.9 Å². The molecule has 0 saturated carbocycles. The van der Waals surface area contributed by atoms with E-state index in [0.29, 0.717) is 6.04 Å². The van der Waals surface area contributed by atoms with E-state index in [1.54, 1.807) is 0 Å². The molecule has 114 valence electrons. The minimum absolute atomic E-state index is 0.210. The van der Waals surface area contributed by atoms with Gasteiger partial charge in [0, 0.05) is 18.2 Å². The molecule has 1 aromatic heterocycles. The van der Waals surface area contributed by atoms with Gasteiger partial charge in [0.25, 0.3) is 0 Å². The molecule has 0 radical (unpaired) electrons. The molecule has 0 aliphatic heterocycles. The van der Waals surface area contributed by atoms with Crippen LogP contribution in [0, 0.1) is 0 Å². The van der Waals surface area contributed by atoms with Gasteiger partial charge in [-0.3, -0.25) is 4.68 Å². The monoisotopic (exact) mass is 277 g/mol. The molecule has 0 atom stereocenters. The zero-order valence-corrected chi connectivity index (χ0v) is 13.8. The molecule has 0 amide bonds. The topological polar surface area (TPSA) is 29.9 Å². The lowest BCUT2D eigenvalue weighted by molar-refractivity contribution is 0.426. The normalized spacial score (nSPS) is 12.7. The lowest BCUT2D eigenvalue weighted by atomic mass is 10.1. The van der Waals surface area contributed by atoms with E-state index in [1.165, 1.54) is 0 Å². The van der Waals surface area contributed by atoms with Crippen LogP contribution in [0.1, 0.15) is 65.6 Å². The maximum absolute atomic E-state index is 4.66. The summed E-state index contributed by atoms with van der Waals surface area (Å²) in [5.41, 5.74) is 1.37. The third kappa shape index (κ3) is 6.38. The fourth-order valence-electron chi connectivity index (χ4n) is 2.20. The van der Waals surface area contributed by atoms with E-state index < -0.39 is 0 Å². The van der Waals surface area contributed by atoms with Gasteiger partial charge in [0.15, 0.2) is 0 Å². The van der Waals surface area contributed by atoms with Crippen molar-refractivity contribution >= 4 is 0 Å². The van der Waals surface area contributed by atoms with Crippen LogP contribution in [0.3, 0.4) is 0 Å². The van der Waals surface area contributed by atoms with Crippen LogP contribution in [0.15, 0.2) is 24.4 Å². The number of nitrogens with one attached hydrogen (secondary N) is 1. The molecule has 0 spiro atoms. The Bertz CT molecular complexity index is 395. The summed E-state index contributed by atoms with van der Waals surface area (Å²) in [5.74, 6) is 0. The number of hydrogen-bond donors (Lipinski definition) is 1. The van der Waals surface area contributed by atoms with Gasteiger partial charge in [0.2, 0.25) is 0 Å². The van der Waals surface area contributed by atoms with Gasteiger partial charge in [-0.1, -0.05) is 26.0 Å². The van der Waals surface area contributed by atoms with Crippen LogP contribution in [-0.2, 0) is 6.42 Å². The van der Waals surface area contributed by atoms with Crippen LogP contribution in [0.4, 0.5) is 0 Å². The van der Waals surface area contributed by atoms with Gasteiger partial charge < -0.3 is 5.32 Å². The molecule has 0 aliphatic rings. The number of nitrogens with zero attached hydrogens (tertiary/aromatic N) is 2. The average molecular weight is 277 g/mol. The molecular weight excluding hydrogens is 246 g/mol. The molecule has 20 heavy (non-hydrogen) atoms. The summed E-state index contributed by atoms with van der Waals surface area (Å²) in [7, 11) is 0. The highest BCUT2D eigenvalue weighted by Gasteiger charge is 2.07. The Morgan fingerprint density at radius 1 is 1.25 bits per heavy atom. The molecule has 1 rings (SSSR count). The second-order valence-corrected chi connectivity index (χ2v) is 6.40. The number of allylic oxidation sites excluding steroid dienone is 1. The third-order valence-corrected chi connectivity index (χ3v) is 3.44. The Morgan fingerprint density at radius 3 is 2.55 bits per heavy atom. The molecule has 1 aromatic rings. The van der Waals surface area contributed by atoms with Crippen LogP contribution in [0.5, 0.6) is 0 Å². The van der Waals surface area contributed by atoms with Gasteiger partial charge in [-0.15, -0.1) is 0 Å². The lowest BCUT2D eigenvalue weighted by Crippen LogP contribution is -2.36. The standard InChI is InChI=1S/C17H31N3/c1-6-16(7-2)20-14-12-15(19-20)11-9-8-10-13-18-17(3,4)5/h8-9,12,14,16,18H,6-7,10-11,13H2,1-5H3. The largest absolute Gasteiger partial charge is 0.312 e. The van der Waals surface area contributed by atoms with Crippen molar-refractivity contribution in [1.82, 2.24) is 15.1 Å². The molecule has 1 heterocycles. The van der Waals surface area contributed by atoms with Crippen LogP contribution < -0.4 is 5.32 Å². The van der Waals surface area contributed by atoms with E-state index in [-0.39, 0.29) is 5.54 Å². The quantitative estimate of drug-likeness (QED) is 0.572. The van der Waals surface area contributed by atoms with E-state index in [0.717, 1.165) is 37.9 Å². The first-order valence-electron chi connectivity index (χ1n) is 7.90. The predicted molar refractivity (Wildman–Crippen MR) is 87.1 cm³/mol. The van der Waals surface area contributed by atoms with Crippen LogP contribution in [0.25, 0.3) is 0 Å². The molecule has 0 aromatic carbocycles. The Balaban J connectivity index is 2.32.